The fraction of sp³-hybridized carbons (Fsp3) is 0.797. The lowest BCUT2D eigenvalue weighted by Crippen LogP contribution is -2.61. The van der Waals surface area contributed by atoms with Crippen LogP contribution >= 0.6 is 0 Å². The van der Waals surface area contributed by atoms with Crippen molar-refractivity contribution in [2.45, 2.75) is 289 Å². The minimum atomic E-state index is -1.91. The Hall–Kier alpha value is -3.32. The molecule has 12 heteroatoms. The van der Waals surface area contributed by atoms with E-state index in [0.717, 1.165) is 77.0 Å². The lowest BCUT2D eigenvalue weighted by atomic mass is 9.98. The third-order valence-electron chi connectivity index (χ3n) is 12.9. The first-order valence-corrected chi connectivity index (χ1v) is 28.6. The summed E-state index contributed by atoms with van der Waals surface area (Å²) >= 11 is 0. The molecule has 1 heterocycles. The number of carboxylic acid groups (broad SMARTS) is 1. The summed E-state index contributed by atoms with van der Waals surface area (Å²) in [5.41, 5.74) is 0. The third-order valence-corrected chi connectivity index (χ3v) is 12.9. The molecular weight excluding hydrogens is 901 g/mol. The Morgan fingerprint density at radius 3 is 1.38 bits per heavy atom. The molecule has 6 atom stereocenters. The number of allylic oxidation sites excluding steroid dienone is 8. The zero-order valence-electron chi connectivity index (χ0n) is 45.0. The second-order valence-corrected chi connectivity index (χ2v) is 19.5. The van der Waals surface area contributed by atoms with E-state index in [1.807, 2.05) is 0 Å². The molecule has 71 heavy (non-hydrogen) atoms. The van der Waals surface area contributed by atoms with Crippen molar-refractivity contribution in [3.8, 4) is 0 Å². The zero-order chi connectivity index (χ0) is 51.8. The van der Waals surface area contributed by atoms with Gasteiger partial charge < -0.3 is 39.0 Å². The molecule has 1 aliphatic heterocycles. The van der Waals surface area contributed by atoms with E-state index in [0.29, 0.717) is 19.3 Å². The summed E-state index contributed by atoms with van der Waals surface area (Å²) in [6.45, 7) is 5.83. The van der Waals surface area contributed by atoms with Gasteiger partial charge in [-0.1, -0.05) is 204 Å². The number of aliphatic carboxylic acids is 1. The molecule has 0 aromatic carbocycles. The predicted octanol–water partition coefficient (Wildman–Crippen LogP) is 14.2. The molecule has 0 aliphatic carbocycles. The SMILES string of the molecule is CC/C=C\C/C=C\C/C=C\CCCCCC(=O)OC1C(OCC(COC(=O)CCCCCCCCCCC/C=C\CCCCCCCC)OC(=O)CCCCCCCCCCC)OC(C(=O)O)C(O)C1O. The number of rotatable bonds is 48. The van der Waals surface area contributed by atoms with Crippen molar-refractivity contribution < 1.29 is 58.2 Å². The van der Waals surface area contributed by atoms with Gasteiger partial charge in [0.15, 0.2) is 24.6 Å². The Bertz CT molecular complexity index is 1420. The van der Waals surface area contributed by atoms with E-state index in [9.17, 15) is 34.5 Å². The Morgan fingerprint density at radius 2 is 0.887 bits per heavy atom. The molecule has 0 saturated carbocycles. The summed E-state index contributed by atoms with van der Waals surface area (Å²) in [6.07, 6.45) is 43.9. The molecule has 0 bridgehead atoms. The number of carboxylic acids is 1. The summed E-state index contributed by atoms with van der Waals surface area (Å²) < 4.78 is 28.3. The van der Waals surface area contributed by atoms with Crippen molar-refractivity contribution in [2.75, 3.05) is 13.2 Å². The predicted molar refractivity (Wildman–Crippen MR) is 285 cm³/mol. The Kier molecular flexibility index (Phi) is 44.1. The van der Waals surface area contributed by atoms with E-state index in [-0.39, 0.29) is 25.9 Å². The Balaban J connectivity index is 2.65. The molecule has 6 unspecified atom stereocenters. The Morgan fingerprint density at radius 1 is 0.479 bits per heavy atom. The maximum absolute atomic E-state index is 13.0. The molecule has 1 saturated heterocycles. The highest BCUT2D eigenvalue weighted by atomic mass is 16.7. The first-order chi connectivity index (χ1) is 34.6. The van der Waals surface area contributed by atoms with Crippen LogP contribution in [-0.2, 0) is 42.9 Å². The van der Waals surface area contributed by atoms with E-state index in [4.69, 9.17) is 23.7 Å². The van der Waals surface area contributed by atoms with Gasteiger partial charge in [0, 0.05) is 19.3 Å². The number of esters is 3. The van der Waals surface area contributed by atoms with E-state index in [1.54, 1.807) is 0 Å². The van der Waals surface area contributed by atoms with Gasteiger partial charge in [-0.15, -0.1) is 0 Å². The monoisotopic (exact) mass is 1000 g/mol. The average molecular weight is 1000 g/mol. The van der Waals surface area contributed by atoms with Crippen LogP contribution in [0.15, 0.2) is 48.6 Å². The molecule has 0 aromatic heterocycles. The second-order valence-electron chi connectivity index (χ2n) is 19.5. The minimum Gasteiger partial charge on any atom is -0.479 e. The third kappa shape index (κ3) is 38.0. The molecule has 0 amide bonds. The smallest absolute Gasteiger partial charge is 0.335 e. The largest absolute Gasteiger partial charge is 0.479 e. The van der Waals surface area contributed by atoms with E-state index in [2.05, 4.69) is 69.4 Å². The van der Waals surface area contributed by atoms with E-state index >= 15 is 0 Å². The van der Waals surface area contributed by atoms with Crippen molar-refractivity contribution in [2.24, 2.45) is 0 Å². The summed E-state index contributed by atoms with van der Waals surface area (Å²) in [4.78, 5) is 50.9. The summed E-state index contributed by atoms with van der Waals surface area (Å²) in [6, 6.07) is 0. The van der Waals surface area contributed by atoms with Gasteiger partial charge in [-0.05, 0) is 77.0 Å². The van der Waals surface area contributed by atoms with Crippen LogP contribution in [-0.4, -0.2) is 89.2 Å². The number of unbranched alkanes of at least 4 members (excludes halogenated alkanes) is 26. The highest BCUT2D eigenvalue weighted by Gasteiger charge is 2.50. The number of aliphatic hydroxyl groups excluding tert-OH is 2. The lowest BCUT2D eigenvalue weighted by molar-refractivity contribution is -0.301. The van der Waals surface area contributed by atoms with Crippen LogP contribution in [0.4, 0.5) is 0 Å². The quantitative estimate of drug-likeness (QED) is 0.0228. The Labute approximate surface area is 431 Å². The van der Waals surface area contributed by atoms with Crippen LogP contribution < -0.4 is 0 Å². The van der Waals surface area contributed by atoms with Gasteiger partial charge in [0.2, 0.25) is 0 Å². The molecule has 0 spiro atoms. The fourth-order valence-corrected chi connectivity index (χ4v) is 8.49. The number of hydrogen-bond donors (Lipinski definition) is 3. The van der Waals surface area contributed by atoms with Crippen molar-refractivity contribution in [3.05, 3.63) is 48.6 Å². The summed E-state index contributed by atoms with van der Waals surface area (Å²) in [5.74, 6) is -3.15. The lowest BCUT2D eigenvalue weighted by Gasteiger charge is -2.40. The molecule has 1 rings (SSSR count). The summed E-state index contributed by atoms with van der Waals surface area (Å²) in [7, 11) is 0. The van der Waals surface area contributed by atoms with Gasteiger partial charge in [0.05, 0.1) is 6.61 Å². The molecule has 410 valence electrons. The van der Waals surface area contributed by atoms with Gasteiger partial charge >= 0.3 is 23.9 Å². The maximum Gasteiger partial charge on any atom is 0.335 e. The number of ether oxygens (including phenoxy) is 5. The van der Waals surface area contributed by atoms with Crippen LogP contribution in [0.3, 0.4) is 0 Å². The van der Waals surface area contributed by atoms with Crippen molar-refractivity contribution in [3.63, 3.8) is 0 Å². The molecule has 1 aliphatic rings. The molecule has 0 radical (unpaired) electrons. The van der Waals surface area contributed by atoms with Crippen LogP contribution in [0.2, 0.25) is 0 Å². The molecule has 3 N–H and O–H groups in total. The number of carbonyl (C=O) groups excluding carboxylic acids is 3. The van der Waals surface area contributed by atoms with Gasteiger partial charge in [0.1, 0.15) is 18.8 Å². The molecular formula is C59H102O12. The van der Waals surface area contributed by atoms with Crippen molar-refractivity contribution >= 4 is 23.9 Å². The normalized spacial score (nSPS) is 18.8. The molecule has 12 nitrogen and oxygen atoms in total. The fourth-order valence-electron chi connectivity index (χ4n) is 8.49. The number of aliphatic hydroxyl groups is 2. The topological polar surface area (TPSA) is 175 Å². The molecule has 1 fully saturated rings. The highest BCUT2D eigenvalue weighted by molar-refractivity contribution is 5.74. The second kappa shape index (κ2) is 47.7. The van der Waals surface area contributed by atoms with Crippen molar-refractivity contribution in [1.82, 2.24) is 0 Å². The molecule has 0 aromatic rings. The number of carbonyl (C=O) groups is 4. The van der Waals surface area contributed by atoms with Gasteiger partial charge in [-0.3, -0.25) is 14.4 Å². The zero-order valence-corrected chi connectivity index (χ0v) is 45.0. The van der Waals surface area contributed by atoms with Gasteiger partial charge in [0.25, 0.3) is 0 Å². The average Bonchev–Trinajstić information content (AvgIpc) is 3.35. The van der Waals surface area contributed by atoms with Crippen LogP contribution in [0, 0.1) is 0 Å². The van der Waals surface area contributed by atoms with Crippen molar-refractivity contribution in [1.29, 1.82) is 0 Å². The van der Waals surface area contributed by atoms with Gasteiger partial charge in [-0.2, -0.15) is 0 Å². The van der Waals surface area contributed by atoms with Crippen LogP contribution in [0.1, 0.15) is 252 Å². The van der Waals surface area contributed by atoms with Crippen LogP contribution in [0.5, 0.6) is 0 Å². The summed E-state index contributed by atoms with van der Waals surface area (Å²) in [5, 5.41) is 31.4. The van der Waals surface area contributed by atoms with Crippen LogP contribution in [0.25, 0.3) is 0 Å². The number of hydrogen-bond acceptors (Lipinski definition) is 11. The first-order valence-electron chi connectivity index (χ1n) is 28.6. The van der Waals surface area contributed by atoms with E-state index in [1.165, 1.54) is 116 Å². The highest BCUT2D eigenvalue weighted by Crippen LogP contribution is 2.26. The first kappa shape index (κ1) is 65.7. The van der Waals surface area contributed by atoms with Gasteiger partial charge in [-0.25, -0.2) is 4.79 Å². The minimum absolute atomic E-state index is 0.0266. The standard InChI is InChI=1S/C59H102O12/c1-4-7-10-13-16-19-21-23-24-25-26-27-28-30-31-34-36-39-42-45-51(60)67-48-50(69-52(61)46-43-40-37-33-18-15-12-9-6-3)49-68-59-57(55(64)54(63)56(71-59)58(65)66)70-53(62)47-44-41-38-35-32-29-22-20-17-14-11-8-5-2/h8,11,17,20,23-24,29,32,50,54-57,59,63-64H,4-7,9-10,12-16,18-19,21-22,25-28,30-31,33-49H2,1-3H3,(H,65,66)/b11-8-,20-17-,24-23-,32-29-. The van der Waals surface area contributed by atoms with E-state index < -0.39 is 67.3 Å². The maximum atomic E-state index is 13.0.